The van der Waals surface area contributed by atoms with Crippen LogP contribution in [0.1, 0.15) is 58.8 Å². The molecule has 2 aliphatic rings. The quantitative estimate of drug-likeness (QED) is 0.765. The van der Waals surface area contributed by atoms with Gasteiger partial charge >= 0.3 is 5.97 Å². The lowest BCUT2D eigenvalue weighted by molar-refractivity contribution is -0.143. The molecule has 4 unspecified atom stereocenters. The van der Waals surface area contributed by atoms with Gasteiger partial charge in [0.2, 0.25) is 0 Å². The van der Waals surface area contributed by atoms with Crippen molar-refractivity contribution in [3.8, 4) is 0 Å². The summed E-state index contributed by atoms with van der Waals surface area (Å²) in [6.07, 6.45) is 8.74. The van der Waals surface area contributed by atoms with Gasteiger partial charge in [0.25, 0.3) is 0 Å². The largest absolute Gasteiger partial charge is 0.481 e. The Morgan fingerprint density at radius 2 is 2.00 bits per heavy atom. The predicted molar refractivity (Wildman–Crippen MR) is 83.4 cm³/mol. The summed E-state index contributed by atoms with van der Waals surface area (Å²) in [6, 6.07) is 0.626. The SMILES string of the molecule is CCCN(C1CCCC(CC)CC1)C1COCC1C(=O)O. The monoisotopic (exact) mass is 297 g/mol. The highest BCUT2D eigenvalue weighted by Crippen LogP contribution is 2.31. The van der Waals surface area contributed by atoms with Gasteiger partial charge in [-0.15, -0.1) is 0 Å². The van der Waals surface area contributed by atoms with Crippen molar-refractivity contribution in [1.29, 1.82) is 0 Å². The van der Waals surface area contributed by atoms with Crippen molar-refractivity contribution in [3.05, 3.63) is 0 Å². The van der Waals surface area contributed by atoms with E-state index in [1.807, 2.05) is 0 Å². The van der Waals surface area contributed by atoms with Crippen molar-refractivity contribution in [2.75, 3.05) is 19.8 Å². The van der Waals surface area contributed by atoms with Gasteiger partial charge in [0, 0.05) is 12.1 Å². The molecule has 1 saturated heterocycles. The number of ether oxygens (including phenoxy) is 1. The van der Waals surface area contributed by atoms with Crippen molar-refractivity contribution in [2.45, 2.75) is 70.9 Å². The van der Waals surface area contributed by atoms with Crippen LogP contribution in [0.3, 0.4) is 0 Å². The molecule has 1 aliphatic carbocycles. The molecule has 1 aliphatic heterocycles. The van der Waals surface area contributed by atoms with Crippen LogP contribution < -0.4 is 0 Å². The first-order valence-electron chi connectivity index (χ1n) is 8.73. The van der Waals surface area contributed by atoms with Gasteiger partial charge in [-0.05, 0) is 38.1 Å². The molecule has 4 nitrogen and oxygen atoms in total. The van der Waals surface area contributed by atoms with E-state index in [-0.39, 0.29) is 12.0 Å². The van der Waals surface area contributed by atoms with Gasteiger partial charge in [-0.3, -0.25) is 9.69 Å². The molecular formula is C17H31NO3. The summed E-state index contributed by atoms with van der Waals surface area (Å²) in [7, 11) is 0. The van der Waals surface area contributed by atoms with Crippen LogP contribution in [0.2, 0.25) is 0 Å². The molecule has 122 valence electrons. The molecule has 2 fully saturated rings. The molecule has 4 heteroatoms. The van der Waals surface area contributed by atoms with Crippen LogP contribution in [0.25, 0.3) is 0 Å². The molecular weight excluding hydrogens is 266 g/mol. The Morgan fingerprint density at radius 1 is 1.19 bits per heavy atom. The molecule has 2 rings (SSSR count). The third-order valence-electron chi connectivity index (χ3n) is 5.38. The maximum atomic E-state index is 11.5. The lowest BCUT2D eigenvalue weighted by Gasteiger charge is -2.37. The van der Waals surface area contributed by atoms with Gasteiger partial charge in [-0.2, -0.15) is 0 Å². The number of carboxylic acid groups (broad SMARTS) is 1. The third-order valence-corrected chi connectivity index (χ3v) is 5.38. The Labute approximate surface area is 128 Å². The summed E-state index contributed by atoms with van der Waals surface area (Å²) in [5.74, 6) is -0.172. The number of nitrogens with zero attached hydrogens (tertiary/aromatic N) is 1. The Kier molecular flexibility index (Phi) is 6.49. The number of hydrogen-bond donors (Lipinski definition) is 1. The van der Waals surface area contributed by atoms with E-state index in [1.165, 1.54) is 38.5 Å². The van der Waals surface area contributed by atoms with Crippen LogP contribution in [0.5, 0.6) is 0 Å². The first-order chi connectivity index (χ1) is 10.2. The van der Waals surface area contributed by atoms with E-state index in [0.29, 0.717) is 19.3 Å². The zero-order chi connectivity index (χ0) is 15.2. The maximum absolute atomic E-state index is 11.5. The molecule has 0 aromatic rings. The Balaban J connectivity index is 2.05. The number of aliphatic carboxylic acids is 1. The first kappa shape index (κ1) is 16.8. The smallest absolute Gasteiger partial charge is 0.310 e. The Hall–Kier alpha value is -0.610. The summed E-state index contributed by atoms with van der Waals surface area (Å²) in [6.45, 7) is 6.44. The number of carbonyl (C=O) groups is 1. The molecule has 1 saturated carbocycles. The molecule has 0 aromatic carbocycles. The van der Waals surface area contributed by atoms with E-state index in [0.717, 1.165) is 18.9 Å². The molecule has 1 N–H and O–H groups in total. The number of carboxylic acids is 1. The highest BCUT2D eigenvalue weighted by Gasteiger charge is 2.40. The van der Waals surface area contributed by atoms with Gasteiger partial charge in [0.05, 0.1) is 19.1 Å². The molecule has 0 radical (unpaired) electrons. The first-order valence-corrected chi connectivity index (χ1v) is 8.73. The summed E-state index contributed by atoms with van der Waals surface area (Å²) in [5, 5.41) is 9.43. The Morgan fingerprint density at radius 3 is 2.67 bits per heavy atom. The molecule has 0 amide bonds. The Bertz CT molecular complexity index is 334. The van der Waals surface area contributed by atoms with E-state index in [1.54, 1.807) is 0 Å². The average Bonchev–Trinajstić information content (AvgIpc) is 2.83. The topological polar surface area (TPSA) is 49.8 Å². The van der Waals surface area contributed by atoms with Crippen molar-refractivity contribution in [3.63, 3.8) is 0 Å². The second-order valence-electron chi connectivity index (χ2n) is 6.72. The van der Waals surface area contributed by atoms with Crippen molar-refractivity contribution in [2.24, 2.45) is 11.8 Å². The predicted octanol–water partition coefficient (Wildman–Crippen LogP) is 3.16. The summed E-state index contributed by atoms with van der Waals surface area (Å²) in [4.78, 5) is 13.9. The number of hydrogen-bond acceptors (Lipinski definition) is 3. The fourth-order valence-electron chi connectivity index (χ4n) is 4.08. The molecule has 0 aromatic heterocycles. The van der Waals surface area contributed by atoms with E-state index in [4.69, 9.17) is 4.74 Å². The lowest BCUT2D eigenvalue weighted by atomic mass is 9.96. The fourth-order valence-corrected chi connectivity index (χ4v) is 4.08. The van der Waals surface area contributed by atoms with Crippen LogP contribution in [-0.2, 0) is 9.53 Å². The van der Waals surface area contributed by atoms with Gasteiger partial charge < -0.3 is 9.84 Å². The molecule has 0 bridgehead atoms. The molecule has 1 heterocycles. The molecule has 21 heavy (non-hydrogen) atoms. The molecule has 4 atom stereocenters. The summed E-state index contributed by atoms with van der Waals surface area (Å²) >= 11 is 0. The lowest BCUT2D eigenvalue weighted by Crippen LogP contribution is -2.49. The van der Waals surface area contributed by atoms with Crippen molar-refractivity contribution in [1.82, 2.24) is 4.90 Å². The average molecular weight is 297 g/mol. The van der Waals surface area contributed by atoms with Crippen molar-refractivity contribution < 1.29 is 14.6 Å². The summed E-state index contributed by atoms with van der Waals surface area (Å²) in [5.41, 5.74) is 0. The zero-order valence-corrected chi connectivity index (χ0v) is 13.6. The van der Waals surface area contributed by atoms with Gasteiger partial charge in [-0.1, -0.05) is 33.1 Å². The van der Waals surface area contributed by atoms with Crippen LogP contribution in [0, 0.1) is 11.8 Å². The third kappa shape index (κ3) is 4.19. The fraction of sp³-hybridized carbons (Fsp3) is 0.941. The van der Waals surface area contributed by atoms with Crippen molar-refractivity contribution >= 4 is 5.97 Å². The minimum atomic E-state index is -0.696. The highest BCUT2D eigenvalue weighted by atomic mass is 16.5. The van der Waals surface area contributed by atoms with Crippen LogP contribution in [0.15, 0.2) is 0 Å². The minimum Gasteiger partial charge on any atom is -0.481 e. The highest BCUT2D eigenvalue weighted by molar-refractivity contribution is 5.71. The van der Waals surface area contributed by atoms with E-state index in [9.17, 15) is 9.90 Å². The second-order valence-corrected chi connectivity index (χ2v) is 6.72. The maximum Gasteiger partial charge on any atom is 0.310 e. The van der Waals surface area contributed by atoms with Gasteiger partial charge in [-0.25, -0.2) is 0 Å². The van der Waals surface area contributed by atoms with E-state index in [2.05, 4.69) is 18.7 Å². The normalized spacial score (nSPS) is 34.0. The molecule has 0 spiro atoms. The summed E-state index contributed by atoms with van der Waals surface area (Å²) < 4.78 is 5.50. The van der Waals surface area contributed by atoms with E-state index >= 15 is 0 Å². The van der Waals surface area contributed by atoms with E-state index < -0.39 is 5.97 Å². The second kappa shape index (κ2) is 8.14. The van der Waals surface area contributed by atoms with Crippen LogP contribution >= 0.6 is 0 Å². The van der Waals surface area contributed by atoms with Crippen LogP contribution in [0.4, 0.5) is 0 Å². The standard InChI is InChI=1S/C17H31NO3/c1-3-10-18(16-12-21-11-15(16)17(19)20)14-7-5-6-13(4-2)8-9-14/h13-16H,3-12H2,1-2H3,(H,19,20). The van der Waals surface area contributed by atoms with Crippen LogP contribution in [-0.4, -0.2) is 47.8 Å². The zero-order valence-electron chi connectivity index (χ0n) is 13.6. The number of rotatable bonds is 6. The van der Waals surface area contributed by atoms with Gasteiger partial charge in [0.1, 0.15) is 0 Å². The minimum absolute atomic E-state index is 0.0747. The van der Waals surface area contributed by atoms with Gasteiger partial charge in [0.15, 0.2) is 0 Å².